The minimum absolute atomic E-state index is 0.00750. The Morgan fingerprint density at radius 1 is 1.07 bits per heavy atom. The zero-order valence-corrected chi connectivity index (χ0v) is 16.0. The zero-order chi connectivity index (χ0) is 19.7. The Morgan fingerprint density at radius 2 is 1.93 bits per heavy atom. The molecule has 4 aromatic rings. The molecule has 0 spiro atoms. The molecule has 0 radical (unpaired) electrons. The Labute approximate surface area is 162 Å². The van der Waals surface area contributed by atoms with E-state index in [1.165, 1.54) is 0 Å². The molecule has 4 heterocycles. The molecule has 0 aromatic carbocycles. The lowest BCUT2D eigenvalue weighted by Gasteiger charge is -2.11. The van der Waals surface area contributed by atoms with Crippen LogP contribution in [0.4, 0.5) is 5.82 Å². The van der Waals surface area contributed by atoms with Gasteiger partial charge in [0.05, 0.1) is 36.4 Å². The third-order valence-electron chi connectivity index (χ3n) is 4.60. The molecular formula is C21H20N6O. The highest BCUT2D eigenvalue weighted by molar-refractivity contribution is 5.98. The fourth-order valence-electron chi connectivity index (χ4n) is 3.05. The van der Waals surface area contributed by atoms with Gasteiger partial charge < -0.3 is 9.47 Å². The van der Waals surface area contributed by atoms with Crippen LogP contribution >= 0.6 is 0 Å². The molecule has 0 saturated carbocycles. The molecule has 0 unspecified atom stereocenters. The topological polar surface area (TPSA) is 76.8 Å². The van der Waals surface area contributed by atoms with E-state index in [2.05, 4.69) is 19.9 Å². The number of rotatable bonds is 5. The highest BCUT2D eigenvalue weighted by atomic mass is 16.1. The summed E-state index contributed by atoms with van der Waals surface area (Å²) in [5, 5.41) is 0.945. The number of aryl methyl sites for hydroxylation is 1. The van der Waals surface area contributed by atoms with E-state index in [1.807, 2.05) is 48.9 Å². The summed E-state index contributed by atoms with van der Waals surface area (Å²) in [5.41, 5.74) is 4.09. The van der Waals surface area contributed by atoms with Gasteiger partial charge in [0.15, 0.2) is 5.78 Å². The predicted octanol–water partition coefficient (Wildman–Crippen LogP) is 2.92. The molecule has 4 aromatic heterocycles. The van der Waals surface area contributed by atoms with Gasteiger partial charge in [-0.25, -0.2) is 9.97 Å². The van der Waals surface area contributed by atoms with Gasteiger partial charge >= 0.3 is 0 Å². The molecule has 0 saturated heterocycles. The van der Waals surface area contributed by atoms with Crippen molar-refractivity contribution in [2.45, 2.75) is 6.42 Å². The van der Waals surface area contributed by atoms with Gasteiger partial charge in [-0.3, -0.25) is 14.8 Å². The molecule has 4 rings (SSSR count). The minimum Gasteiger partial charge on any atom is -0.363 e. The molecule has 7 nitrogen and oxygen atoms in total. The van der Waals surface area contributed by atoms with E-state index >= 15 is 0 Å². The molecule has 0 fully saturated rings. The van der Waals surface area contributed by atoms with Crippen LogP contribution in [0.15, 0.2) is 55.4 Å². The van der Waals surface area contributed by atoms with Gasteiger partial charge in [0.2, 0.25) is 0 Å². The lowest BCUT2D eigenvalue weighted by molar-refractivity contribution is 0.0992. The fourth-order valence-corrected chi connectivity index (χ4v) is 3.05. The van der Waals surface area contributed by atoms with Gasteiger partial charge in [0, 0.05) is 55.7 Å². The van der Waals surface area contributed by atoms with Crippen LogP contribution < -0.4 is 4.90 Å². The second-order valence-corrected chi connectivity index (χ2v) is 6.88. The summed E-state index contributed by atoms with van der Waals surface area (Å²) in [6.45, 7) is 0. The van der Waals surface area contributed by atoms with Gasteiger partial charge in [0.1, 0.15) is 5.82 Å². The SMILES string of the molecule is CN(C)c1cc(C(=O)Cc2cc3cc(-c4cncn4C)cnc3cn2)ccn1. The predicted molar refractivity (Wildman–Crippen MR) is 108 cm³/mol. The van der Waals surface area contributed by atoms with Gasteiger partial charge in [0.25, 0.3) is 0 Å². The summed E-state index contributed by atoms with van der Waals surface area (Å²) in [4.78, 5) is 31.9. The van der Waals surface area contributed by atoms with Gasteiger partial charge in [-0.15, -0.1) is 0 Å². The summed E-state index contributed by atoms with van der Waals surface area (Å²) < 4.78 is 1.94. The van der Waals surface area contributed by atoms with Crippen LogP contribution in [0.2, 0.25) is 0 Å². The van der Waals surface area contributed by atoms with Crippen molar-refractivity contribution in [1.82, 2.24) is 24.5 Å². The highest BCUT2D eigenvalue weighted by Gasteiger charge is 2.12. The van der Waals surface area contributed by atoms with Crippen LogP contribution in [0.5, 0.6) is 0 Å². The van der Waals surface area contributed by atoms with E-state index in [-0.39, 0.29) is 12.2 Å². The summed E-state index contributed by atoms with van der Waals surface area (Å²) in [5.74, 6) is 0.760. The first kappa shape index (κ1) is 17.8. The first-order valence-electron chi connectivity index (χ1n) is 8.89. The van der Waals surface area contributed by atoms with Crippen molar-refractivity contribution < 1.29 is 4.79 Å². The molecule has 0 aliphatic heterocycles. The molecule has 7 heteroatoms. The molecular weight excluding hydrogens is 352 g/mol. The van der Waals surface area contributed by atoms with Gasteiger partial charge in [-0.2, -0.15) is 0 Å². The van der Waals surface area contributed by atoms with E-state index in [9.17, 15) is 4.79 Å². The number of anilines is 1. The number of pyridine rings is 3. The molecule has 0 N–H and O–H groups in total. The van der Waals surface area contributed by atoms with Crippen LogP contribution in [-0.4, -0.2) is 44.4 Å². The number of imidazole rings is 1. The van der Waals surface area contributed by atoms with Crippen LogP contribution in [0.25, 0.3) is 22.2 Å². The first-order valence-corrected chi connectivity index (χ1v) is 8.89. The Bertz CT molecular complexity index is 1160. The second kappa shape index (κ2) is 7.19. The molecule has 140 valence electrons. The Balaban J connectivity index is 1.63. The Hall–Kier alpha value is -3.61. The number of hydrogen-bond acceptors (Lipinski definition) is 6. The third-order valence-corrected chi connectivity index (χ3v) is 4.60. The molecule has 0 atom stereocenters. The molecule has 0 bridgehead atoms. The molecule has 28 heavy (non-hydrogen) atoms. The Morgan fingerprint density at radius 3 is 2.68 bits per heavy atom. The molecule has 0 aliphatic carbocycles. The van der Waals surface area contributed by atoms with Crippen molar-refractivity contribution >= 4 is 22.5 Å². The fraction of sp³-hybridized carbons (Fsp3) is 0.190. The minimum atomic E-state index is 0.00750. The largest absolute Gasteiger partial charge is 0.363 e. The second-order valence-electron chi connectivity index (χ2n) is 6.88. The molecule has 0 amide bonds. The maximum Gasteiger partial charge on any atom is 0.169 e. The van der Waals surface area contributed by atoms with Crippen molar-refractivity contribution in [1.29, 1.82) is 0 Å². The van der Waals surface area contributed by atoms with Gasteiger partial charge in [-0.05, 0) is 24.3 Å². The van der Waals surface area contributed by atoms with Gasteiger partial charge in [-0.1, -0.05) is 0 Å². The van der Waals surface area contributed by atoms with Crippen molar-refractivity contribution in [2.75, 3.05) is 19.0 Å². The van der Waals surface area contributed by atoms with Crippen LogP contribution in [0.3, 0.4) is 0 Å². The molecule has 0 aliphatic rings. The number of ketones is 1. The Kier molecular flexibility index (Phi) is 4.57. The monoisotopic (exact) mass is 372 g/mol. The number of nitrogens with zero attached hydrogens (tertiary/aromatic N) is 6. The third kappa shape index (κ3) is 3.46. The van der Waals surface area contributed by atoms with Crippen LogP contribution in [0.1, 0.15) is 16.1 Å². The quantitative estimate of drug-likeness (QED) is 0.501. The maximum atomic E-state index is 12.7. The maximum absolute atomic E-state index is 12.7. The summed E-state index contributed by atoms with van der Waals surface area (Å²) in [7, 11) is 5.74. The standard InChI is InChI=1S/C21H20N6O/c1-26(2)21-8-14(4-5-23-21)20(28)9-17-7-15-6-16(10-25-18(15)11-24-17)19-12-22-13-27(19)3/h4-8,10-13H,9H2,1-3H3. The van der Waals surface area contributed by atoms with E-state index in [0.29, 0.717) is 11.3 Å². The lowest BCUT2D eigenvalue weighted by atomic mass is 10.1. The van der Waals surface area contributed by atoms with Crippen molar-refractivity contribution in [2.24, 2.45) is 7.05 Å². The summed E-state index contributed by atoms with van der Waals surface area (Å²) in [6.07, 6.45) is 8.96. The number of carbonyl (C=O) groups excluding carboxylic acids is 1. The van der Waals surface area contributed by atoms with Crippen molar-refractivity contribution in [3.05, 3.63) is 66.6 Å². The summed E-state index contributed by atoms with van der Waals surface area (Å²) in [6, 6.07) is 7.50. The van der Waals surface area contributed by atoms with E-state index in [0.717, 1.165) is 28.0 Å². The van der Waals surface area contributed by atoms with E-state index in [1.54, 1.807) is 37.1 Å². The number of Topliss-reactive ketones (excluding diaryl/α,β-unsaturated/α-hetero) is 1. The average molecular weight is 372 g/mol. The number of fused-ring (bicyclic) bond motifs is 1. The first-order chi connectivity index (χ1) is 13.5. The number of hydrogen-bond donors (Lipinski definition) is 0. The number of aromatic nitrogens is 5. The van der Waals surface area contributed by atoms with Crippen molar-refractivity contribution in [3.63, 3.8) is 0 Å². The smallest absolute Gasteiger partial charge is 0.169 e. The van der Waals surface area contributed by atoms with Crippen LogP contribution in [-0.2, 0) is 13.5 Å². The lowest BCUT2D eigenvalue weighted by Crippen LogP contribution is -2.12. The number of carbonyl (C=O) groups is 1. The van der Waals surface area contributed by atoms with Crippen molar-refractivity contribution in [3.8, 4) is 11.3 Å². The zero-order valence-electron chi connectivity index (χ0n) is 16.0. The van der Waals surface area contributed by atoms with E-state index < -0.39 is 0 Å². The summed E-state index contributed by atoms with van der Waals surface area (Å²) >= 11 is 0. The van der Waals surface area contributed by atoms with E-state index in [4.69, 9.17) is 0 Å². The normalized spacial score (nSPS) is 11.0. The highest BCUT2D eigenvalue weighted by Crippen LogP contribution is 2.22. The average Bonchev–Trinajstić information content (AvgIpc) is 3.13. The van der Waals surface area contributed by atoms with Crippen LogP contribution in [0, 0.1) is 0 Å².